The van der Waals surface area contributed by atoms with E-state index in [9.17, 15) is 9.59 Å². The summed E-state index contributed by atoms with van der Waals surface area (Å²) in [6.45, 7) is 5.67. The minimum absolute atomic E-state index is 0. The Bertz CT molecular complexity index is 561. The van der Waals surface area contributed by atoms with Gasteiger partial charge in [-0.3, -0.25) is 9.59 Å². The van der Waals surface area contributed by atoms with E-state index in [-0.39, 0.29) is 35.6 Å². The smallest absolute Gasteiger partial charge is 0.228 e. The van der Waals surface area contributed by atoms with Crippen molar-refractivity contribution in [2.75, 3.05) is 37.6 Å². The minimum Gasteiger partial charge on any atom is -0.412 e. The van der Waals surface area contributed by atoms with E-state index in [0.29, 0.717) is 13.0 Å². The molecule has 7 heteroatoms. The van der Waals surface area contributed by atoms with Gasteiger partial charge >= 0.3 is 0 Å². The Balaban J connectivity index is 0.00000132. The van der Waals surface area contributed by atoms with Gasteiger partial charge in [-0.15, -0.1) is 12.4 Å². The van der Waals surface area contributed by atoms with Gasteiger partial charge in [0, 0.05) is 44.8 Å². The Kier molecular flexibility index (Phi) is 7.00. The molecule has 0 aromatic heterocycles. The molecule has 0 radical (unpaired) electrons. The Morgan fingerprint density at radius 2 is 1.87 bits per heavy atom. The van der Waals surface area contributed by atoms with E-state index in [4.69, 9.17) is 0 Å². The third kappa shape index (κ3) is 4.02. The van der Waals surface area contributed by atoms with Crippen molar-refractivity contribution in [3.05, 3.63) is 29.8 Å². The first-order chi connectivity index (χ1) is 10.2. The number of anilines is 1. The largest absolute Gasteiger partial charge is 0.412 e. The molecule has 6 nitrogen and oxygen atoms in total. The number of rotatable bonds is 2. The number of hydrogen-bond donors (Lipinski definition) is 1. The number of benzene rings is 1. The zero-order valence-electron chi connectivity index (χ0n) is 13.2. The van der Waals surface area contributed by atoms with Gasteiger partial charge in [0.1, 0.15) is 0 Å². The first kappa shape index (κ1) is 19.4. The number of nitrogens with one attached hydrogen (secondary N) is 1. The molecule has 1 aromatic rings. The van der Waals surface area contributed by atoms with Crippen molar-refractivity contribution >= 4 is 29.9 Å². The maximum Gasteiger partial charge on any atom is 0.228 e. The van der Waals surface area contributed by atoms with E-state index in [0.717, 1.165) is 37.4 Å². The molecule has 2 amide bonds. The summed E-state index contributed by atoms with van der Waals surface area (Å²) in [7, 11) is 0. The molecule has 0 bridgehead atoms. The second-order valence-electron chi connectivity index (χ2n) is 5.77. The molecule has 2 heterocycles. The maximum absolute atomic E-state index is 12.5. The number of aryl methyl sites for hydroxylation is 1. The summed E-state index contributed by atoms with van der Waals surface area (Å²) in [5.41, 5.74) is 2.00. The van der Waals surface area contributed by atoms with Gasteiger partial charge < -0.3 is 20.6 Å². The van der Waals surface area contributed by atoms with E-state index in [1.807, 2.05) is 36.1 Å². The van der Waals surface area contributed by atoms with Crippen molar-refractivity contribution in [3.8, 4) is 0 Å². The fourth-order valence-corrected chi connectivity index (χ4v) is 3.12. The molecule has 1 unspecified atom stereocenters. The van der Waals surface area contributed by atoms with Crippen LogP contribution >= 0.6 is 12.4 Å². The van der Waals surface area contributed by atoms with Crippen LogP contribution in [0.4, 0.5) is 5.69 Å². The van der Waals surface area contributed by atoms with Gasteiger partial charge in [-0.1, -0.05) is 18.2 Å². The van der Waals surface area contributed by atoms with Gasteiger partial charge in [0.25, 0.3) is 0 Å². The van der Waals surface area contributed by atoms with Crippen LogP contribution in [0, 0.1) is 12.8 Å². The predicted molar refractivity (Wildman–Crippen MR) is 92.0 cm³/mol. The summed E-state index contributed by atoms with van der Waals surface area (Å²) in [6.07, 6.45) is 0.330. The van der Waals surface area contributed by atoms with Crippen LogP contribution in [0.15, 0.2) is 24.3 Å². The summed E-state index contributed by atoms with van der Waals surface area (Å²) >= 11 is 0. The average Bonchev–Trinajstić information content (AvgIpc) is 2.90. The molecule has 23 heavy (non-hydrogen) atoms. The lowest BCUT2D eigenvalue weighted by Crippen LogP contribution is -2.48. The van der Waals surface area contributed by atoms with Crippen molar-refractivity contribution in [2.45, 2.75) is 13.3 Å². The van der Waals surface area contributed by atoms with Crippen molar-refractivity contribution < 1.29 is 15.1 Å². The lowest BCUT2D eigenvalue weighted by Gasteiger charge is -2.29. The van der Waals surface area contributed by atoms with Crippen LogP contribution in [0.3, 0.4) is 0 Å². The number of amides is 2. The van der Waals surface area contributed by atoms with E-state index in [1.165, 1.54) is 0 Å². The minimum atomic E-state index is -0.199. The molecular formula is C16H24ClN3O3. The maximum atomic E-state index is 12.5. The van der Waals surface area contributed by atoms with Crippen molar-refractivity contribution in [1.29, 1.82) is 0 Å². The van der Waals surface area contributed by atoms with E-state index < -0.39 is 0 Å². The zero-order valence-corrected chi connectivity index (χ0v) is 14.1. The quantitative estimate of drug-likeness (QED) is 0.843. The molecular weight excluding hydrogens is 318 g/mol. The van der Waals surface area contributed by atoms with E-state index >= 15 is 0 Å². The van der Waals surface area contributed by atoms with Crippen LogP contribution in [0.2, 0.25) is 0 Å². The normalized spacial score (nSPS) is 20.7. The summed E-state index contributed by atoms with van der Waals surface area (Å²) in [5, 5.41) is 3.24. The second kappa shape index (κ2) is 8.29. The number of para-hydroxylation sites is 1. The first-order valence-corrected chi connectivity index (χ1v) is 7.52. The van der Waals surface area contributed by atoms with Crippen LogP contribution in [-0.4, -0.2) is 54.9 Å². The van der Waals surface area contributed by atoms with Gasteiger partial charge in [0.05, 0.1) is 5.92 Å². The van der Waals surface area contributed by atoms with Gasteiger partial charge in [-0.2, -0.15) is 0 Å². The van der Waals surface area contributed by atoms with Gasteiger partial charge in [0.2, 0.25) is 11.8 Å². The molecule has 3 N–H and O–H groups in total. The zero-order chi connectivity index (χ0) is 14.8. The van der Waals surface area contributed by atoms with Gasteiger partial charge in [-0.05, 0) is 18.6 Å². The first-order valence-electron chi connectivity index (χ1n) is 7.52. The second-order valence-corrected chi connectivity index (χ2v) is 5.77. The number of hydrogen-bond acceptors (Lipinski definition) is 3. The van der Waals surface area contributed by atoms with E-state index in [1.54, 1.807) is 4.90 Å². The highest BCUT2D eigenvalue weighted by Gasteiger charge is 2.37. The van der Waals surface area contributed by atoms with Crippen molar-refractivity contribution in [1.82, 2.24) is 10.2 Å². The molecule has 1 aromatic carbocycles. The van der Waals surface area contributed by atoms with E-state index in [2.05, 4.69) is 5.32 Å². The van der Waals surface area contributed by atoms with Crippen LogP contribution < -0.4 is 10.2 Å². The molecule has 2 saturated heterocycles. The molecule has 2 fully saturated rings. The molecule has 128 valence electrons. The third-order valence-electron chi connectivity index (χ3n) is 4.31. The Labute approximate surface area is 142 Å². The summed E-state index contributed by atoms with van der Waals surface area (Å²) < 4.78 is 0. The highest BCUT2D eigenvalue weighted by molar-refractivity contribution is 6.00. The topological polar surface area (TPSA) is 84.2 Å². The SMILES string of the molecule is Cc1ccccc1N1CC(C(=O)N2CCNCC2)CC1=O.Cl.O. The summed E-state index contributed by atoms with van der Waals surface area (Å²) in [6, 6.07) is 7.84. The van der Waals surface area contributed by atoms with Crippen LogP contribution in [-0.2, 0) is 9.59 Å². The molecule has 1 atom stereocenters. The van der Waals surface area contributed by atoms with Crippen LogP contribution in [0.5, 0.6) is 0 Å². The molecule has 2 aliphatic heterocycles. The van der Waals surface area contributed by atoms with Crippen LogP contribution in [0.25, 0.3) is 0 Å². The highest BCUT2D eigenvalue weighted by Crippen LogP contribution is 2.28. The number of carbonyl (C=O) groups is 2. The fourth-order valence-electron chi connectivity index (χ4n) is 3.12. The third-order valence-corrected chi connectivity index (χ3v) is 4.31. The molecule has 0 aliphatic carbocycles. The van der Waals surface area contributed by atoms with Gasteiger partial charge in [-0.25, -0.2) is 0 Å². The highest BCUT2D eigenvalue weighted by atomic mass is 35.5. The molecule has 0 saturated carbocycles. The fraction of sp³-hybridized carbons (Fsp3) is 0.500. The number of carbonyl (C=O) groups excluding carboxylic acids is 2. The molecule has 0 spiro atoms. The summed E-state index contributed by atoms with van der Waals surface area (Å²) in [5.74, 6) is -0.0195. The Morgan fingerprint density at radius 1 is 1.22 bits per heavy atom. The number of nitrogens with zero attached hydrogens (tertiary/aromatic N) is 2. The summed E-state index contributed by atoms with van der Waals surface area (Å²) in [4.78, 5) is 28.4. The number of halogens is 1. The molecule has 2 aliphatic rings. The molecule has 3 rings (SSSR count). The Morgan fingerprint density at radius 3 is 2.52 bits per heavy atom. The lowest BCUT2D eigenvalue weighted by atomic mass is 10.1. The van der Waals surface area contributed by atoms with Crippen molar-refractivity contribution in [2.24, 2.45) is 5.92 Å². The predicted octanol–water partition coefficient (Wildman–Crippen LogP) is 0.377. The Hall–Kier alpha value is -1.63. The van der Waals surface area contributed by atoms with Crippen LogP contribution in [0.1, 0.15) is 12.0 Å². The monoisotopic (exact) mass is 341 g/mol. The van der Waals surface area contributed by atoms with Crippen molar-refractivity contribution in [3.63, 3.8) is 0 Å². The standard InChI is InChI=1S/C16H21N3O2.ClH.H2O/c1-12-4-2-3-5-14(12)19-11-13(10-15(19)20)16(21)18-8-6-17-7-9-18;;/h2-5,13,17H,6-11H2,1H3;1H;1H2. The lowest BCUT2D eigenvalue weighted by molar-refractivity contribution is -0.136. The average molecular weight is 342 g/mol. The number of piperazine rings is 1. The van der Waals surface area contributed by atoms with Gasteiger partial charge in [0.15, 0.2) is 0 Å².